The first kappa shape index (κ1) is 18.2. The molecule has 25 heavy (non-hydrogen) atoms. The second kappa shape index (κ2) is 7.31. The van der Waals surface area contributed by atoms with Gasteiger partial charge in [0.15, 0.2) is 0 Å². The second-order valence-electron chi connectivity index (χ2n) is 5.35. The van der Waals surface area contributed by atoms with Gasteiger partial charge in [0.2, 0.25) is 10.0 Å². The van der Waals surface area contributed by atoms with E-state index in [9.17, 15) is 13.5 Å². The average molecular weight is 398 g/mol. The van der Waals surface area contributed by atoms with E-state index < -0.39 is 16.1 Å². The van der Waals surface area contributed by atoms with Crippen molar-refractivity contribution in [3.63, 3.8) is 0 Å². The molecule has 5 nitrogen and oxygen atoms in total. The summed E-state index contributed by atoms with van der Waals surface area (Å²) < 4.78 is 33.3. The van der Waals surface area contributed by atoms with Gasteiger partial charge in [-0.05, 0) is 35.0 Å². The van der Waals surface area contributed by atoms with Crippen LogP contribution in [0.4, 0.5) is 0 Å². The molecule has 0 spiro atoms. The summed E-state index contributed by atoms with van der Waals surface area (Å²) in [6, 6.07) is 11.9. The van der Waals surface area contributed by atoms with Gasteiger partial charge in [-0.15, -0.1) is 11.3 Å². The molecule has 1 atom stereocenters. The highest BCUT2D eigenvalue weighted by molar-refractivity contribution is 7.89. The summed E-state index contributed by atoms with van der Waals surface area (Å²) in [5.41, 5.74) is 0.705. The third-order valence-electron chi connectivity index (χ3n) is 3.77. The molecule has 2 N–H and O–H groups in total. The number of hydrogen-bond acceptors (Lipinski definition) is 5. The van der Waals surface area contributed by atoms with Gasteiger partial charge in [-0.1, -0.05) is 29.8 Å². The predicted molar refractivity (Wildman–Crippen MR) is 100.0 cm³/mol. The lowest BCUT2D eigenvalue weighted by atomic mass is 10.1. The summed E-state index contributed by atoms with van der Waals surface area (Å²) in [7, 11) is -2.34. The number of hydrogen-bond donors (Lipinski definition) is 2. The van der Waals surface area contributed by atoms with Crippen LogP contribution in [0.15, 0.2) is 52.7 Å². The first-order chi connectivity index (χ1) is 11.9. The SMILES string of the molecule is COc1ccc(S(=O)(=O)NCC(O)c2csc3ccccc23)cc1Cl. The number of aliphatic hydroxyl groups is 1. The number of nitrogens with one attached hydrogen (secondary N) is 1. The lowest BCUT2D eigenvalue weighted by molar-refractivity contribution is 0.184. The molecule has 0 saturated carbocycles. The molecule has 0 amide bonds. The van der Waals surface area contributed by atoms with E-state index in [-0.39, 0.29) is 16.5 Å². The van der Waals surface area contributed by atoms with Crippen LogP contribution in [-0.4, -0.2) is 27.2 Å². The summed E-state index contributed by atoms with van der Waals surface area (Å²) in [6.07, 6.45) is -0.945. The number of halogens is 1. The number of sulfonamides is 1. The van der Waals surface area contributed by atoms with E-state index in [0.29, 0.717) is 11.3 Å². The van der Waals surface area contributed by atoms with Crippen molar-refractivity contribution in [3.8, 4) is 5.75 Å². The molecule has 3 rings (SSSR count). The van der Waals surface area contributed by atoms with Crippen molar-refractivity contribution in [2.75, 3.05) is 13.7 Å². The molecule has 3 aromatic rings. The number of methoxy groups -OCH3 is 1. The lowest BCUT2D eigenvalue weighted by Crippen LogP contribution is -2.28. The second-order valence-corrected chi connectivity index (χ2v) is 8.44. The molecule has 0 bridgehead atoms. The van der Waals surface area contributed by atoms with E-state index in [1.54, 1.807) is 0 Å². The molecule has 2 aromatic carbocycles. The molecule has 1 aromatic heterocycles. The Bertz CT molecular complexity index is 1000. The number of aliphatic hydroxyl groups excluding tert-OH is 1. The largest absolute Gasteiger partial charge is 0.495 e. The fourth-order valence-corrected chi connectivity index (χ4v) is 4.85. The Morgan fingerprint density at radius 1 is 1.28 bits per heavy atom. The maximum atomic E-state index is 12.4. The minimum atomic E-state index is -3.79. The first-order valence-corrected chi connectivity index (χ1v) is 10.1. The van der Waals surface area contributed by atoms with Crippen molar-refractivity contribution in [1.82, 2.24) is 4.72 Å². The van der Waals surface area contributed by atoms with E-state index >= 15 is 0 Å². The fourth-order valence-electron chi connectivity index (χ4n) is 2.45. The third-order valence-corrected chi connectivity index (χ3v) is 6.47. The van der Waals surface area contributed by atoms with E-state index in [4.69, 9.17) is 16.3 Å². The maximum absolute atomic E-state index is 12.4. The van der Waals surface area contributed by atoms with Gasteiger partial charge >= 0.3 is 0 Å². The molecule has 8 heteroatoms. The lowest BCUT2D eigenvalue weighted by Gasteiger charge is -2.13. The first-order valence-electron chi connectivity index (χ1n) is 7.40. The molecule has 0 radical (unpaired) electrons. The standard InChI is InChI=1S/C17H16ClNO4S2/c1-23-16-7-6-11(8-14(16)18)25(21,22)19-9-15(20)13-10-24-17-5-3-2-4-12(13)17/h2-8,10,15,19-20H,9H2,1H3. The molecule has 132 valence electrons. The summed E-state index contributed by atoms with van der Waals surface area (Å²) in [6.45, 7) is -0.132. The molecule has 0 aliphatic carbocycles. The predicted octanol–water partition coefficient (Wildman–Crippen LogP) is 3.58. The van der Waals surface area contributed by atoms with Gasteiger partial charge < -0.3 is 9.84 Å². The quantitative estimate of drug-likeness (QED) is 0.666. The monoisotopic (exact) mass is 397 g/mol. The van der Waals surface area contributed by atoms with Crippen LogP contribution >= 0.6 is 22.9 Å². The minimum absolute atomic E-state index is 0.0145. The molecule has 0 saturated heterocycles. The van der Waals surface area contributed by atoms with Gasteiger partial charge in [0.05, 0.1) is 23.1 Å². The average Bonchev–Trinajstić information content (AvgIpc) is 3.04. The molecule has 1 unspecified atom stereocenters. The molecule has 0 aliphatic rings. The van der Waals surface area contributed by atoms with Crippen molar-refractivity contribution in [2.24, 2.45) is 0 Å². The Kier molecular flexibility index (Phi) is 5.31. The van der Waals surface area contributed by atoms with Crippen molar-refractivity contribution in [1.29, 1.82) is 0 Å². The number of rotatable bonds is 6. The van der Waals surface area contributed by atoms with Crippen molar-refractivity contribution in [2.45, 2.75) is 11.0 Å². The number of ether oxygens (including phenoxy) is 1. The van der Waals surface area contributed by atoms with Crippen LogP contribution in [0.5, 0.6) is 5.75 Å². The van der Waals surface area contributed by atoms with Crippen molar-refractivity contribution >= 4 is 43.0 Å². The zero-order chi connectivity index (χ0) is 18.0. The molecule has 0 fully saturated rings. The summed E-state index contributed by atoms with van der Waals surface area (Å²) >= 11 is 7.49. The van der Waals surface area contributed by atoms with Gasteiger partial charge in [0.1, 0.15) is 5.75 Å². The maximum Gasteiger partial charge on any atom is 0.240 e. The minimum Gasteiger partial charge on any atom is -0.495 e. The van der Waals surface area contributed by atoms with Crippen LogP contribution in [0, 0.1) is 0 Å². The van der Waals surface area contributed by atoms with E-state index in [1.807, 2.05) is 29.6 Å². The van der Waals surface area contributed by atoms with Gasteiger partial charge in [0.25, 0.3) is 0 Å². The zero-order valence-electron chi connectivity index (χ0n) is 13.3. The van der Waals surface area contributed by atoms with Crippen molar-refractivity contribution in [3.05, 3.63) is 58.4 Å². The molecular formula is C17H16ClNO4S2. The number of thiophene rings is 1. The van der Waals surface area contributed by atoms with Gasteiger partial charge in [0, 0.05) is 16.8 Å². The van der Waals surface area contributed by atoms with Crippen LogP contribution in [-0.2, 0) is 10.0 Å². The van der Waals surface area contributed by atoms with Gasteiger partial charge in [-0.2, -0.15) is 0 Å². The Labute approximate surface area is 154 Å². The highest BCUT2D eigenvalue weighted by Crippen LogP contribution is 2.30. The molecule has 1 heterocycles. The van der Waals surface area contributed by atoms with Crippen LogP contribution < -0.4 is 9.46 Å². The number of benzene rings is 2. The van der Waals surface area contributed by atoms with E-state index in [2.05, 4.69) is 4.72 Å². The van der Waals surface area contributed by atoms with E-state index in [1.165, 1.54) is 36.6 Å². The normalized spacial score (nSPS) is 13.1. The Balaban J connectivity index is 1.76. The van der Waals surface area contributed by atoms with E-state index in [0.717, 1.165) is 10.1 Å². The fraction of sp³-hybridized carbons (Fsp3) is 0.176. The summed E-state index contributed by atoms with van der Waals surface area (Å²) in [4.78, 5) is 0.0145. The Hall–Kier alpha value is -1.64. The zero-order valence-corrected chi connectivity index (χ0v) is 15.7. The Morgan fingerprint density at radius 3 is 2.76 bits per heavy atom. The van der Waals surface area contributed by atoms with Crippen molar-refractivity contribution < 1.29 is 18.3 Å². The highest BCUT2D eigenvalue weighted by Gasteiger charge is 2.19. The molecule has 0 aliphatic heterocycles. The summed E-state index contributed by atoms with van der Waals surface area (Å²) in [5.74, 6) is 0.394. The molecular weight excluding hydrogens is 382 g/mol. The number of fused-ring (bicyclic) bond motifs is 1. The van der Waals surface area contributed by atoms with Crippen LogP contribution in [0.25, 0.3) is 10.1 Å². The van der Waals surface area contributed by atoms with Crippen LogP contribution in [0.3, 0.4) is 0 Å². The van der Waals surface area contributed by atoms with Crippen LogP contribution in [0.1, 0.15) is 11.7 Å². The van der Waals surface area contributed by atoms with Gasteiger partial charge in [-0.3, -0.25) is 0 Å². The smallest absolute Gasteiger partial charge is 0.240 e. The highest BCUT2D eigenvalue weighted by atomic mass is 35.5. The topological polar surface area (TPSA) is 75.6 Å². The summed E-state index contributed by atoms with van der Waals surface area (Å²) in [5, 5.41) is 13.4. The van der Waals surface area contributed by atoms with Gasteiger partial charge in [-0.25, -0.2) is 13.1 Å². The van der Waals surface area contributed by atoms with Crippen LogP contribution in [0.2, 0.25) is 5.02 Å². The Morgan fingerprint density at radius 2 is 2.04 bits per heavy atom. The third kappa shape index (κ3) is 3.80.